The lowest BCUT2D eigenvalue weighted by atomic mass is 10.0. The molecule has 0 aliphatic rings. The number of carbonyl (C=O) groups excluding carboxylic acids is 2. The van der Waals surface area contributed by atoms with Crippen LogP contribution in [0.15, 0.2) is 60.8 Å². The van der Waals surface area contributed by atoms with E-state index in [0.717, 1.165) is 77.0 Å². The first-order valence-electron chi connectivity index (χ1n) is 29.5. The van der Waals surface area contributed by atoms with Gasteiger partial charge in [0.15, 0.2) is 0 Å². The van der Waals surface area contributed by atoms with E-state index < -0.39 is 18.2 Å². The van der Waals surface area contributed by atoms with E-state index in [2.05, 4.69) is 86.8 Å². The molecule has 3 atom stereocenters. The maximum Gasteiger partial charge on any atom is 0.306 e. The topological polar surface area (TPSA) is 95.9 Å². The van der Waals surface area contributed by atoms with Gasteiger partial charge in [0, 0.05) is 6.42 Å². The third-order valence-corrected chi connectivity index (χ3v) is 13.3. The highest BCUT2D eigenvalue weighted by molar-refractivity contribution is 5.77. The van der Waals surface area contributed by atoms with Crippen molar-refractivity contribution in [2.45, 2.75) is 315 Å². The molecule has 0 rings (SSSR count). The molecule has 68 heavy (non-hydrogen) atoms. The van der Waals surface area contributed by atoms with Crippen LogP contribution in [0, 0.1) is 0 Å². The van der Waals surface area contributed by atoms with Crippen molar-refractivity contribution in [1.82, 2.24) is 5.32 Å². The number of nitrogens with one attached hydrogen (secondary N) is 1. The van der Waals surface area contributed by atoms with Crippen molar-refractivity contribution in [3.63, 3.8) is 0 Å². The SMILES string of the molecule is CCCCC/C=C\C/C=C\C/C=C\C/C=C\CCCC(CC(=O)NC(CO)C(O)CCCCCCCCCCCCCCCCCC)OC(=O)CCCCCCC/C=C/CCCCCCCCC. The van der Waals surface area contributed by atoms with E-state index >= 15 is 0 Å². The molecule has 0 aromatic carbocycles. The Balaban J connectivity index is 4.65. The minimum absolute atomic E-state index is 0.0368. The number of amides is 1. The second-order valence-corrected chi connectivity index (χ2v) is 20.0. The van der Waals surface area contributed by atoms with Gasteiger partial charge in [-0.25, -0.2) is 0 Å². The third-order valence-electron chi connectivity index (χ3n) is 13.3. The van der Waals surface area contributed by atoms with E-state index in [4.69, 9.17) is 4.74 Å². The van der Waals surface area contributed by atoms with Crippen molar-refractivity contribution >= 4 is 11.9 Å². The Morgan fingerprint density at radius 2 is 0.765 bits per heavy atom. The smallest absolute Gasteiger partial charge is 0.306 e. The Bertz CT molecular complexity index is 1210. The van der Waals surface area contributed by atoms with Crippen molar-refractivity contribution in [3.8, 4) is 0 Å². The summed E-state index contributed by atoms with van der Waals surface area (Å²) in [7, 11) is 0. The van der Waals surface area contributed by atoms with Crippen LogP contribution in [0.3, 0.4) is 0 Å². The van der Waals surface area contributed by atoms with Crippen LogP contribution < -0.4 is 5.32 Å². The maximum absolute atomic E-state index is 13.3. The first-order chi connectivity index (χ1) is 33.5. The Kier molecular flexibility index (Phi) is 53.5. The van der Waals surface area contributed by atoms with Crippen molar-refractivity contribution in [2.75, 3.05) is 6.61 Å². The predicted octanol–water partition coefficient (Wildman–Crippen LogP) is 18.4. The number of unbranched alkanes of at least 4 members (excludes halogenated alkanes) is 31. The van der Waals surface area contributed by atoms with Gasteiger partial charge in [0.1, 0.15) is 6.10 Å². The normalized spacial score (nSPS) is 13.5. The second-order valence-electron chi connectivity index (χ2n) is 20.0. The quantitative estimate of drug-likeness (QED) is 0.0321. The summed E-state index contributed by atoms with van der Waals surface area (Å²) in [5.74, 6) is -0.530. The zero-order valence-electron chi connectivity index (χ0n) is 45.2. The average molecular weight is 953 g/mol. The van der Waals surface area contributed by atoms with Crippen molar-refractivity contribution in [3.05, 3.63) is 60.8 Å². The first-order valence-corrected chi connectivity index (χ1v) is 29.5. The number of hydrogen-bond acceptors (Lipinski definition) is 5. The van der Waals surface area contributed by atoms with Gasteiger partial charge >= 0.3 is 5.97 Å². The van der Waals surface area contributed by atoms with E-state index in [1.807, 2.05) is 0 Å². The molecule has 396 valence electrons. The molecule has 3 unspecified atom stereocenters. The molecule has 0 aliphatic carbocycles. The van der Waals surface area contributed by atoms with Gasteiger partial charge in [-0.15, -0.1) is 0 Å². The van der Waals surface area contributed by atoms with Crippen LogP contribution >= 0.6 is 0 Å². The molecule has 1 amide bonds. The lowest BCUT2D eigenvalue weighted by molar-refractivity contribution is -0.151. The van der Waals surface area contributed by atoms with Crippen LogP contribution in [-0.2, 0) is 14.3 Å². The molecule has 0 aromatic rings. The fourth-order valence-electron chi connectivity index (χ4n) is 8.83. The Morgan fingerprint density at radius 1 is 0.426 bits per heavy atom. The van der Waals surface area contributed by atoms with Crippen molar-refractivity contribution in [1.29, 1.82) is 0 Å². The Hall–Kier alpha value is -2.44. The monoisotopic (exact) mass is 952 g/mol. The highest BCUT2D eigenvalue weighted by Gasteiger charge is 2.24. The minimum Gasteiger partial charge on any atom is -0.462 e. The van der Waals surface area contributed by atoms with Crippen LogP contribution in [0.4, 0.5) is 0 Å². The van der Waals surface area contributed by atoms with E-state index in [9.17, 15) is 19.8 Å². The molecule has 0 radical (unpaired) electrons. The van der Waals surface area contributed by atoms with E-state index in [0.29, 0.717) is 19.3 Å². The molecule has 0 saturated carbocycles. The predicted molar refractivity (Wildman–Crippen MR) is 296 cm³/mol. The van der Waals surface area contributed by atoms with Gasteiger partial charge in [0.2, 0.25) is 5.91 Å². The summed E-state index contributed by atoms with van der Waals surface area (Å²) in [6.07, 6.45) is 70.0. The van der Waals surface area contributed by atoms with Gasteiger partial charge in [-0.05, 0) is 89.9 Å². The molecule has 0 aromatic heterocycles. The Morgan fingerprint density at radius 3 is 1.21 bits per heavy atom. The van der Waals surface area contributed by atoms with Crippen LogP contribution in [0.5, 0.6) is 0 Å². The van der Waals surface area contributed by atoms with E-state index in [1.165, 1.54) is 173 Å². The van der Waals surface area contributed by atoms with Gasteiger partial charge in [0.05, 0.1) is 25.2 Å². The minimum atomic E-state index is -0.806. The molecule has 6 nitrogen and oxygen atoms in total. The van der Waals surface area contributed by atoms with Crippen LogP contribution in [0.2, 0.25) is 0 Å². The van der Waals surface area contributed by atoms with Gasteiger partial charge in [-0.2, -0.15) is 0 Å². The third kappa shape index (κ3) is 50.0. The number of aliphatic hydroxyl groups excluding tert-OH is 2. The average Bonchev–Trinajstić information content (AvgIpc) is 3.33. The molecule has 3 N–H and O–H groups in total. The molecule has 0 fully saturated rings. The highest BCUT2D eigenvalue weighted by Crippen LogP contribution is 2.18. The van der Waals surface area contributed by atoms with E-state index in [-0.39, 0.29) is 24.9 Å². The van der Waals surface area contributed by atoms with Gasteiger partial charge in [-0.3, -0.25) is 9.59 Å². The zero-order chi connectivity index (χ0) is 49.5. The number of carbonyl (C=O) groups is 2. The molecule has 0 heterocycles. The largest absolute Gasteiger partial charge is 0.462 e. The van der Waals surface area contributed by atoms with E-state index in [1.54, 1.807) is 0 Å². The number of hydrogen-bond donors (Lipinski definition) is 3. The highest BCUT2D eigenvalue weighted by atomic mass is 16.5. The molecular weight excluding hydrogens is 839 g/mol. The molecule has 0 saturated heterocycles. The molecule has 0 spiro atoms. The molecule has 0 aliphatic heterocycles. The zero-order valence-corrected chi connectivity index (χ0v) is 45.2. The van der Waals surface area contributed by atoms with Crippen LogP contribution in [-0.4, -0.2) is 46.9 Å². The lowest BCUT2D eigenvalue weighted by Crippen LogP contribution is -2.46. The van der Waals surface area contributed by atoms with Crippen molar-refractivity contribution < 1.29 is 24.5 Å². The maximum atomic E-state index is 13.3. The summed E-state index contributed by atoms with van der Waals surface area (Å²) in [4.78, 5) is 26.3. The summed E-state index contributed by atoms with van der Waals surface area (Å²) >= 11 is 0. The standard InChI is InChI=1S/C62H113NO5/c1-4-7-10-13-16-19-22-25-28-31-32-35-38-41-44-47-50-53-58(68-62(67)55-52-49-46-43-40-37-34-30-27-24-21-18-15-12-9-6-3)56-61(66)63-59(57-64)60(65)54-51-48-45-42-39-36-33-29-26-23-20-17-14-11-8-5-2/h16,19,25,28,30,32,34-35,41,44,58-60,64-65H,4-15,17-18,20-24,26-27,29,31,33,36-40,42-43,45-57H2,1-3H3,(H,63,66)/b19-16-,28-25-,34-30+,35-32-,44-41-. The fourth-order valence-corrected chi connectivity index (χ4v) is 8.83. The number of esters is 1. The summed E-state index contributed by atoms with van der Waals surface area (Å²) in [6, 6.07) is -0.723. The lowest BCUT2D eigenvalue weighted by Gasteiger charge is -2.24. The number of allylic oxidation sites excluding steroid dienone is 10. The van der Waals surface area contributed by atoms with Gasteiger partial charge < -0.3 is 20.3 Å². The van der Waals surface area contributed by atoms with Crippen LogP contribution in [0.25, 0.3) is 0 Å². The van der Waals surface area contributed by atoms with Crippen molar-refractivity contribution in [2.24, 2.45) is 0 Å². The number of rotatable bonds is 53. The molecular formula is C62H113NO5. The van der Waals surface area contributed by atoms with Gasteiger partial charge in [-0.1, -0.05) is 255 Å². The summed E-state index contributed by atoms with van der Waals surface area (Å²) in [5, 5.41) is 23.9. The summed E-state index contributed by atoms with van der Waals surface area (Å²) in [6.45, 7) is 6.46. The number of ether oxygens (including phenoxy) is 1. The summed E-state index contributed by atoms with van der Waals surface area (Å²) in [5.41, 5.74) is 0. The Labute approximate surface area is 422 Å². The molecule has 6 heteroatoms. The first kappa shape index (κ1) is 65.6. The second kappa shape index (κ2) is 55.5. The van der Waals surface area contributed by atoms with Crippen LogP contribution in [0.1, 0.15) is 297 Å². The summed E-state index contributed by atoms with van der Waals surface area (Å²) < 4.78 is 5.93. The number of aliphatic hydroxyl groups is 2. The fraction of sp³-hybridized carbons (Fsp3) is 0.806. The molecule has 0 bridgehead atoms. The van der Waals surface area contributed by atoms with Gasteiger partial charge in [0.25, 0.3) is 0 Å².